The monoisotopic (exact) mass is 243 g/mol. The Labute approximate surface area is 106 Å². The maximum atomic E-state index is 9.17. The van der Waals surface area contributed by atoms with Gasteiger partial charge in [0.2, 0.25) is 0 Å². The van der Waals surface area contributed by atoms with Gasteiger partial charge in [-0.25, -0.2) is 0 Å². The second-order valence-electron chi connectivity index (χ2n) is 4.99. The summed E-state index contributed by atoms with van der Waals surface area (Å²) in [6.45, 7) is 2.18. The predicted molar refractivity (Wildman–Crippen MR) is 75.7 cm³/mol. The zero-order valence-electron chi connectivity index (χ0n) is 10.3. The highest BCUT2D eigenvalue weighted by Gasteiger charge is 2.29. The van der Waals surface area contributed by atoms with Crippen molar-refractivity contribution in [3.63, 3.8) is 0 Å². The van der Waals surface area contributed by atoms with Crippen molar-refractivity contribution in [3.8, 4) is 0 Å². The lowest BCUT2D eigenvalue weighted by atomic mass is 9.98. The van der Waals surface area contributed by atoms with Gasteiger partial charge in [-0.1, -0.05) is 12.1 Å². The number of anilines is 3. The minimum absolute atomic E-state index is 0.136. The standard InChI is InChI=1S/C14H17N3O/c1-14(7-8-18)16-11-4-2-3-9-10(15)5-6-12(17-14)13(9)11/h2-6,16-18H,7-8,15H2,1H3. The molecule has 2 aromatic carbocycles. The third-order valence-electron chi connectivity index (χ3n) is 3.51. The average Bonchev–Trinajstić information content (AvgIpc) is 2.33. The van der Waals surface area contributed by atoms with E-state index in [1.165, 1.54) is 0 Å². The highest BCUT2D eigenvalue weighted by molar-refractivity contribution is 6.09. The molecule has 0 amide bonds. The molecule has 0 spiro atoms. The highest BCUT2D eigenvalue weighted by Crippen LogP contribution is 2.40. The van der Waals surface area contributed by atoms with Crippen LogP contribution in [-0.2, 0) is 0 Å². The predicted octanol–water partition coefficient (Wildman–Crippen LogP) is 2.36. The van der Waals surface area contributed by atoms with E-state index >= 15 is 0 Å². The quantitative estimate of drug-likeness (QED) is 0.611. The molecule has 5 N–H and O–H groups in total. The molecule has 2 aromatic rings. The number of aliphatic hydroxyl groups is 1. The first-order valence-electron chi connectivity index (χ1n) is 6.11. The molecule has 1 aliphatic heterocycles. The molecular formula is C14H17N3O. The fourth-order valence-electron chi connectivity index (χ4n) is 2.61. The van der Waals surface area contributed by atoms with Gasteiger partial charge in [-0.3, -0.25) is 0 Å². The van der Waals surface area contributed by atoms with Gasteiger partial charge in [0, 0.05) is 40.9 Å². The molecule has 94 valence electrons. The number of hydrogen-bond acceptors (Lipinski definition) is 4. The topological polar surface area (TPSA) is 70.3 Å². The third kappa shape index (κ3) is 1.57. The molecule has 4 nitrogen and oxygen atoms in total. The van der Waals surface area contributed by atoms with Gasteiger partial charge in [0.1, 0.15) is 5.66 Å². The van der Waals surface area contributed by atoms with Gasteiger partial charge in [-0.05, 0) is 25.1 Å². The van der Waals surface area contributed by atoms with Crippen molar-refractivity contribution in [3.05, 3.63) is 30.3 Å². The van der Waals surface area contributed by atoms with Crippen LogP contribution in [0.4, 0.5) is 17.1 Å². The fourth-order valence-corrected chi connectivity index (χ4v) is 2.61. The van der Waals surface area contributed by atoms with Crippen LogP contribution < -0.4 is 16.4 Å². The molecule has 0 aromatic heterocycles. The smallest absolute Gasteiger partial charge is 0.107 e. The van der Waals surface area contributed by atoms with E-state index in [9.17, 15) is 0 Å². The maximum Gasteiger partial charge on any atom is 0.107 e. The van der Waals surface area contributed by atoms with E-state index < -0.39 is 0 Å². The summed E-state index contributed by atoms with van der Waals surface area (Å²) in [6.07, 6.45) is 0.632. The molecule has 1 atom stereocenters. The third-order valence-corrected chi connectivity index (χ3v) is 3.51. The molecular weight excluding hydrogens is 226 g/mol. The summed E-state index contributed by atoms with van der Waals surface area (Å²) in [5, 5.41) is 18.2. The van der Waals surface area contributed by atoms with E-state index in [-0.39, 0.29) is 12.3 Å². The summed E-state index contributed by atoms with van der Waals surface area (Å²) < 4.78 is 0. The van der Waals surface area contributed by atoms with Crippen molar-refractivity contribution in [1.29, 1.82) is 0 Å². The molecule has 1 aliphatic rings. The van der Waals surface area contributed by atoms with Gasteiger partial charge in [-0.2, -0.15) is 0 Å². The van der Waals surface area contributed by atoms with Gasteiger partial charge < -0.3 is 21.5 Å². The number of nitrogen functional groups attached to an aromatic ring is 1. The molecule has 3 rings (SSSR count). The largest absolute Gasteiger partial charge is 0.398 e. The molecule has 1 heterocycles. The minimum atomic E-state index is -0.327. The number of hydrogen-bond donors (Lipinski definition) is 4. The van der Waals surface area contributed by atoms with Crippen LogP contribution in [0.1, 0.15) is 13.3 Å². The van der Waals surface area contributed by atoms with Crippen LogP contribution in [-0.4, -0.2) is 17.4 Å². The van der Waals surface area contributed by atoms with Crippen LogP contribution in [0.15, 0.2) is 30.3 Å². The van der Waals surface area contributed by atoms with Crippen LogP contribution in [0.3, 0.4) is 0 Å². The van der Waals surface area contributed by atoms with Crippen molar-refractivity contribution < 1.29 is 5.11 Å². The van der Waals surface area contributed by atoms with Crippen molar-refractivity contribution in [2.24, 2.45) is 0 Å². The van der Waals surface area contributed by atoms with Crippen LogP contribution in [0.25, 0.3) is 10.8 Å². The summed E-state index contributed by atoms with van der Waals surface area (Å²) in [5.41, 5.74) is 8.58. The number of aliphatic hydroxyl groups excluding tert-OH is 1. The van der Waals surface area contributed by atoms with Crippen molar-refractivity contribution in [1.82, 2.24) is 0 Å². The van der Waals surface area contributed by atoms with E-state index in [0.717, 1.165) is 27.8 Å². The number of rotatable bonds is 2. The maximum absolute atomic E-state index is 9.17. The first kappa shape index (κ1) is 11.2. The summed E-state index contributed by atoms with van der Waals surface area (Å²) in [6, 6.07) is 9.98. The van der Waals surface area contributed by atoms with Crippen LogP contribution >= 0.6 is 0 Å². The molecule has 0 saturated carbocycles. The van der Waals surface area contributed by atoms with E-state index in [1.54, 1.807) is 0 Å². The number of nitrogens with two attached hydrogens (primary N) is 1. The summed E-state index contributed by atoms with van der Waals surface area (Å²) in [7, 11) is 0. The zero-order valence-corrected chi connectivity index (χ0v) is 10.3. The Morgan fingerprint density at radius 3 is 2.61 bits per heavy atom. The first-order valence-corrected chi connectivity index (χ1v) is 6.11. The van der Waals surface area contributed by atoms with E-state index in [4.69, 9.17) is 10.8 Å². The molecule has 0 radical (unpaired) electrons. The summed E-state index contributed by atoms with van der Waals surface area (Å²) in [5.74, 6) is 0. The van der Waals surface area contributed by atoms with E-state index in [2.05, 4.69) is 10.6 Å². The summed E-state index contributed by atoms with van der Waals surface area (Å²) in [4.78, 5) is 0. The lowest BCUT2D eigenvalue weighted by Crippen LogP contribution is -2.45. The molecule has 0 aliphatic carbocycles. The number of nitrogens with one attached hydrogen (secondary N) is 2. The molecule has 0 saturated heterocycles. The van der Waals surface area contributed by atoms with Gasteiger partial charge in [0.15, 0.2) is 0 Å². The number of benzene rings is 2. The molecule has 0 fully saturated rings. The first-order chi connectivity index (χ1) is 8.63. The lowest BCUT2D eigenvalue weighted by molar-refractivity contribution is 0.263. The second kappa shape index (κ2) is 3.78. The average molecular weight is 243 g/mol. The molecule has 1 unspecified atom stereocenters. The van der Waals surface area contributed by atoms with Gasteiger partial charge in [0.05, 0.1) is 0 Å². The molecule has 18 heavy (non-hydrogen) atoms. The van der Waals surface area contributed by atoms with Crippen LogP contribution in [0.2, 0.25) is 0 Å². The van der Waals surface area contributed by atoms with E-state index in [1.807, 2.05) is 37.3 Å². The van der Waals surface area contributed by atoms with Crippen molar-refractivity contribution in [2.75, 3.05) is 23.0 Å². The Kier molecular flexibility index (Phi) is 2.35. The minimum Gasteiger partial charge on any atom is -0.398 e. The molecule has 4 heteroatoms. The van der Waals surface area contributed by atoms with Crippen LogP contribution in [0, 0.1) is 0 Å². The molecule has 0 bridgehead atoms. The SMILES string of the molecule is CC1(CCO)Nc2cccc3c(N)ccc(c23)N1. The Balaban J connectivity index is 2.20. The van der Waals surface area contributed by atoms with E-state index in [0.29, 0.717) is 6.42 Å². The van der Waals surface area contributed by atoms with Crippen molar-refractivity contribution in [2.45, 2.75) is 19.0 Å². The Hall–Kier alpha value is -1.94. The van der Waals surface area contributed by atoms with Gasteiger partial charge in [0.25, 0.3) is 0 Å². The Bertz CT molecular complexity index is 597. The van der Waals surface area contributed by atoms with Crippen LogP contribution in [0.5, 0.6) is 0 Å². The Morgan fingerprint density at radius 1 is 1.17 bits per heavy atom. The normalized spacial score (nSPS) is 21.4. The fraction of sp³-hybridized carbons (Fsp3) is 0.286. The van der Waals surface area contributed by atoms with Gasteiger partial charge >= 0.3 is 0 Å². The zero-order chi connectivity index (χ0) is 12.8. The lowest BCUT2D eigenvalue weighted by Gasteiger charge is -2.38. The summed E-state index contributed by atoms with van der Waals surface area (Å²) >= 11 is 0. The van der Waals surface area contributed by atoms with Crippen molar-refractivity contribution >= 4 is 27.8 Å². The van der Waals surface area contributed by atoms with Gasteiger partial charge in [-0.15, -0.1) is 0 Å². The second-order valence-corrected chi connectivity index (χ2v) is 4.99. The highest BCUT2D eigenvalue weighted by atomic mass is 16.3. The Morgan fingerprint density at radius 2 is 1.89 bits per heavy atom.